The molecule has 7 heteroatoms. The molecule has 17 heavy (non-hydrogen) atoms. The van der Waals surface area contributed by atoms with Crippen LogP contribution in [-0.4, -0.2) is 35.4 Å². The molecule has 2 N–H and O–H groups in total. The molecule has 0 atom stereocenters. The molecule has 0 aromatic carbocycles. The van der Waals surface area contributed by atoms with Crippen molar-refractivity contribution in [3.05, 3.63) is 0 Å². The number of hydrogen-bond acceptors (Lipinski definition) is 6. The molecule has 0 aromatic rings. The van der Waals surface area contributed by atoms with Crippen molar-refractivity contribution in [2.24, 2.45) is 0 Å². The largest absolute Gasteiger partial charge is 2.00 e. The third kappa shape index (κ3) is 1160. The third-order valence-electron chi connectivity index (χ3n) is 0.447. The summed E-state index contributed by atoms with van der Waals surface area (Å²) in [5, 5.41) is 33.5. The van der Waals surface area contributed by atoms with Crippen LogP contribution in [0, 0.1) is 0 Å². The van der Waals surface area contributed by atoms with Gasteiger partial charge >= 0.3 is 21.7 Å². The van der Waals surface area contributed by atoms with Crippen LogP contribution in [0.1, 0.15) is 40.5 Å². The topological polar surface area (TPSA) is 121 Å². The monoisotopic (exact) mass is 286 g/mol. The first kappa shape index (κ1) is 30.0. The minimum atomic E-state index is -1.08. The Morgan fingerprint density at radius 1 is 0.882 bits per heavy atom. The predicted molar refractivity (Wildman–Crippen MR) is 56.1 cm³/mol. The van der Waals surface area contributed by atoms with Gasteiger partial charge < -0.3 is 30.0 Å². The van der Waals surface area contributed by atoms with Crippen molar-refractivity contribution in [2.45, 2.75) is 40.5 Å². The Balaban J connectivity index is -0.0000000369. The van der Waals surface area contributed by atoms with Crippen LogP contribution < -0.4 is 10.2 Å². The van der Waals surface area contributed by atoms with Crippen LogP contribution in [0.15, 0.2) is 0 Å². The second-order valence-electron chi connectivity index (χ2n) is 2.43. The summed E-state index contributed by atoms with van der Waals surface area (Å²) in [5.74, 6) is -2.17. The zero-order valence-corrected chi connectivity index (χ0v) is 12.4. The van der Waals surface area contributed by atoms with Gasteiger partial charge in [-0.15, -0.1) is 0 Å². The maximum absolute atomic E-state index is 8.89. The Kier molecular flexibility index (Phi) is 63.7. The molecule has 0 amide bonds. The van der Waals surface area contributed by atoms with Gasteiger partial charge in [-0.3, -0.25) is 0 Å². The van der Waals surface area contributed by atoms with E-state index in [4.69, 9.17) is 30.0 Å². The Labute approximate surface area is 118 Å². The van der Waals surface area contributed by atoms with Crippen molar-refractivity contribution < 1.29 is 51.7 Å². The van der Waals surface area contributed by atoms with E-state index in [-0.39, 0.29) is 21.7 Å². The standard InChI is InChI=1S/2C3H8O.2C2H4O2.Ti/c2*1-2-3-4;2*1-2(3)4;/h2*4H,2-3H2,1H3;2*1H3,(H,3,4);/q;;;;+2/p-2. The van der Waals surface area contributed by atoms with E-state index in [0.29, 0.717) is 13.2 Å². The maximum Gasteiger partial charge on any atom is 2.00 e. The van der Waals surface area contributed by atoms with E-state index in [1.54, 1.807) is 0 Å². The van der Waals surface area contributed by atoms with E-state index in [0.717, 1.165) is 26.7 Å². The average Bonchev–Trinajstić information content (AvgIpc) is 2.16. The molecule has 0 spiro atoms. The van der Waals surface area contributed by atoms with E-state index in [1.165, 1.54) is 0 Å². The molecule has 0 unspecified atom stereocenters. The molecule has 0 rings (SSSR count). The van der Waals surface area contributed by atoms with E-state index in [2.05, 4.69) is 0 Å². The van der Waals surface area contributed by atoms with E-state index < -0.39 is 11.9 Å². The average molecular weight is 286 g/mol. The maximum atomic E-state index is 8.89. The van der Waals surface area contributed by atoms with Gasteiger partial charge in [0.05, 0.1) is 0 Å². The molecule has 6 nitrogen and oxygen atoms in total. The number of aliphatic hydroxyl groups excluding tert-OH is 2. The second kappa shape index (κ2) is 36.1. The Bertz CT molecular complexity index is 113. The smallest absolute Gasteiger partial charge is 0.550 e. The molecule has 0 heterocycles. The minimum absolute atomic E-state index is 0. The van der Waals surface area contributed by atoms with Crippen molar-refractivity contribution in [1.82, 2.24) is 0 Å². The van der Waals surface area contributed by atoms with E-state index in [9.17, 15) is 0 Å². The Morgan fingerprint density at radius 3 is 0.941 bits per heavy atom. The molecule has 0 saturated carbocycles. The van der Waals surface area contributed by atoms with Gasteiger partial charge in [0.1, 0.15) is 0 Å². The minimum Gasteiger partial charge on any atom is -0.550 e. The van der Waals surface area contributed by atoms with Crippen LogP contribution in [0.25, 0.3) is 0 Å². The fourth-order valence-electron chi connectivity index (χ4n) is 0. The summed E-state index contributed by atoms with van der Waals surface area (Å²) < 4.78 is 0. The van der Waals surface area contributed by atoms with Crippen LogP contribution >= 0.6 is 0 Å². The first-order valence-corrected chi connectivity index (χ1v) is 4.86. The first-order chi connectivity index (χ1) is 7.29. The van der Waals surface area contributed by atoms with E-state index in [1.807, 2.05) is 13.8 Å². The molecule has 0 aromatic heterocycles. The number of carboxylic acids is 2. The van der Waals surface area contributed by atoms with Crippen LogP contribution in [0.4, 0.5) is 0 Å². The van der Waals surface area contributed by atoms with Gasteiger partial charge in [-0.1, -0.05) is 13.8 Å². The Hall–Kier alpha value is -0.426. The number of rotatable bonds is 2. The number of carbonyl (C=O) groups is 2. The molecule has 0 bridgehead atoms. The van der Waals surface area contributed by atoms with Gasteiger partial charge in [0.25, 0.3) is 0 Å². The molecule has 0 aliphatic carbocycles. The number of aliphatic hydroxyl groups is 2. The molecule has 0 aliphatic rings. The predicted octanol–water partition coefficient (Wildman–Crippen LogP) is -1.71. The fourth-order valence-corrected chi connectivity index (χ4v) is 0. The normalized spacial score (nSPS) is 6.47. The quantitative estimate of drug-likeness (QED) is 0.583. The molecular formula is C10H22O6Ti. The van der Waals surface area contributed by atoms with Gasteiger partial charge in [0.15, 0.2) is 0 Å². The Morgan fingerprint density at radius 2 is 0.941 bits per heavy atom. The molecule has 0 fully saturated rings. The van der Waals surface area contributed by atoms with Crippen molar-refractivity contribution in [3.63, 3.8) is 0 Å². The van der Waals surface area contributed by atoms with Crippen molar-refractivity contribution in [3.8, 4) is 0 Å². The van der Waals surface area contributed by atoms with Gasteiger partial charge in [0.2, 0.25) is 0 Å². The summed E-state index contributed by atoms with van der Waals surface area (Å²) in [6.07, 6.45) is 1.75. The summed E-state index contributed by atoms with van der Waals surface area (Å²) in [6, 6.07) is 0. The van der Waals surface area contributed by atoms with Crippen molar-refractivity contribution in [1.29, 1.82) is 0 Å². The summed E-state index contributed by atoms with van der Waals surface area (Å²) in [4.78, 5) is 17.8. The second-order valence-corrected chi connectivity index (χ2v) is 2.43. The van der Waals surface area contributed by atoms with Crippen molar-refractivity contribution in [2.75, 3.05) is 13.2 Å². The van der Waals surface area contributed by atoms with Crippen LogP contribution in [0.2, 0.25) is 0 Å². The first-order valence-electron chi connectivity index (χ1n) is 4.86. The molecule has 102 valence electrons. The van der Waals surface area contributed by atoms with Gasteiger partial charge in [-0.25, -0.2) is 0 Å². The molecule has 0 radical (unpaired) electrons. The van der Waals surface area contributed by atoms with Gasteiger partial charge in [-0.2, -0.15) is 0 Å². The van der Waals surface area contributed by atoms with Crippen LogP contribution in [-0.2, 0) is 31.3 Å². The molecule has 0 aliphatic heterocycles. The summed E-state index contributed by atoms with van der Waals surface area (Å²) in [6.45, 7) is 6.44. The number of carboxylic acid groups (broad SMARTS) is 2. The number of carbonyl (C=O) groups excluding carboxylic acids is 2. The van der Waals surface area contributed by atoms with Gasteiger partial charge in [-0.05, 0) is 26.7 Å². The van der Waals surface area contributed by atoms with Crippen LogP contribution in [0.3, 0.4) is 0 Å². The summed E-state index contributed by atoms with van der Waals surface area (Å²) in [5.41, 5.74) is 0. The van der Waals surface area contributed by atoms with Gasteiger partial charge in [0, 0.05) is 25.2 Å². The summed E-state index contributed by atoms with van der Waals surface area (Å²) >= 11 is 0. The van der Waals surface area contributed by atoms with E-state index >= 15 is 0 Å². The molecule has 0 saturated heterocycles. The zero-order valence-electron chi connectivity index (χ0n) is 10.9. The summed E-state index contributed by atoms with van der Waals surface area (Å²) in [7, 11) is 0. The number of hydrogen-bond donors (Lipinski definition) is 2. The fraction of sp³-hybridized carbons (Fsp3) is 0.800. The zero-order chi connectivity index (χ0) is 14.0. The molecular weight excluding hydrogens is 264 g/mol. The SMILES string of the molecule is CC(=O)[O-].CC(=O)[O-].CCCO.CCCO.[Ti+2]. The van der Waals surface area contributed by atoms with Crippen LogP contribution in [0.5, 0.6) is 0 Å². The third-order valence-corrected chi connectivity index (χ3v) is 0.447. The number of aliphatic carboxylic acids is 2. The van der Waals surface area contributed by atoms with Crippen molar-refractivity contribution >= 4 is 11.9 Å².